The summed E-state index contributed by atoms with van der Waals surface area (Å²) < 4.78 is 0. The first kappa shape index (κ1) is 20.4. The molecule has 2 aromatic carbocycles. The van der Waals surface area contributed by atoms with Crippen molar-refractivity contribution in [2.24, 2.45) is 10.2 Å². The summed E-state index contributed by atoms with van der Waals surface area (Å²) in [5.74, 6) is 0. The topological polar surface area (TPSA) is 24.7 Å². The molecule has 2 rings (SSSR count). The Bertz CT molecular complexity index is 777. The van der Waals surface area contributed by atoms with Gasteiger partial charge in [-0.25, -0.2) is 0 Å². The lowest BCUT2D eigenvalue weighted by atomic mass is 9.74. The zero-order valence-corrected chi connectivity index (χ0v) is 17.9. The normalized spacial score (nSPS) is 13.4. The first-order valence-corrected chi connectivity index (χ1v) is 9.46. The first-order valence-electron chi connectivity index (χ1n) is 9.46. The van der Waals surface area contributed by atoms with Gasteiger partial charge in [0.2, 0.25) is 0 Å². The van der Waals surface area contributed by atoms with E-state index in [1.165, 1.54) is 16.7 Å². The van der Waals surface area contributed by atoms with Crippen molar-refractivity contribution in [2.45, 2.75) is 78.6 Å². The van der Waals surface area contributed by atoms with Gasteiger partial charge >= 0.3 is 0 Å². The Kier molecular flexibility index (Phi) is 5.46. The number of nitrogens with zero attached hydrogens (tertiary/aromatic N) is 2. The highest BCUT2D eigenvalue weighted by atomic mass is 15.1. The van der Waals surface area contributed by atoms with Gasteiger partial charge < -0.3 is 0 Å². The third kappa shape index (κ3) is 4.81. The van der Waals surface area contributed by atoms with E-state index in [4.69, 9.17) is 0 Å². The van der Waals surface area contributed by atoms with Gasteiger partial charge in [-0.1, -0.05) is 86.6 Å². The van der Waals surface area contributed by atoms with E-state index in [1.54, 1.807) is 0 Å². The summed E-state index contributed by atoms with van der Waals surface area (Å²) in [5, 5.41) is 9.16. The lowest BCUT2D eigenvalue weighted by Gasteiger charge is -2.31. The highest BCUT2D eigenvalue weighted by Crippen LogP contribution is 2.40. The van der Waals surface area contributed by atoms with Crippen LogP contribution in [-0.4, -0.2) is 0 Å². The monoisotopic (exact) mass is 350 g/mol. The van der Waals surface area contributed by atoms with E-state index in [9.17, 15) is 0 Å². The third-order valence-electron chi connectivity index (χ3n) is 4.61. The van der Waals surface area contributed by atoms with Gasteiger partial charge in [-0.05, 0) is 51.1 Å². The average molecular weight is 351 g/mol. The molecule has 0 N–H and O–H groups in total. The zero-order chi connectivity index (χ0) is 19.8. The molecule has 0 aliphatic carbocycles. The Morgan fingerprint density at radius 1 is 0.577 bits per heavy atom. The summed E-state index contributed by atoms with van der Waals surface area (Å²) in [5.41, 5.74) is 6.00. The van der Waals surface area contributed by atoms with E-state index < -0.39 is 0 Å². The van der Waals surface area contributed by atoms with Crippen molar-refractivity contribution in [3.8, 4) is 0 Å². The van der Waals surface area contributed by atoms with Crippen LogP contribution in [0.1, 0.15) is 79.0 Å². The van der Waals surface area contributed by atoms with Gasteiger partial charge in [0.15, 0.2) is 0 Å². The van der Waals surface area contributed by atoms with Crippen molar-refractivity contribution < 1.29 is 0 Å². The summed E-state index contributed by atoms with van der Waals surface area (Å²) in [6.07, 6.45) is 0. The largest absolute Gasteiger partial charge is 0.151 e. The minimum Gasteiger partial charge on any atom is -0.151 e. The van der Waals surface area contributed by atoms with Crippen LogP contribution in [0.2, 0.25) is 0 Å². The second kappa shape index (κ2) is 6.98. The van der Waals surface area contributed by atoms with Crippen LogP contribution in [0, 0.1) is 0 Å². The molecule has 0 amide bonds. The van der Waals surface area contributed by atoms with Gasteiger partial charge in [0.1, 0.15) is 0 Å². The van der Waals surface area contributed by atoms with Crippen LogP contribution in [-0.2, 0) is 16.2 Å². The fraction of sp³-hybridized carbons (Fsp3) is 0.500. The molecule has 2 aromatic rings. The van der Waals surface area contributed by atoms with E-state index in [0.29, 0.717) is 0 Å². The summed E-state index contributed by atoms with van der Waals surface area (Å²) in [6, 6.07) is 14.8. The van der Waals surface area contributed by atoms with Crippen molar-refractivity contribution in [1.29, 1.82) is 0 Å². The smallest absolute Gasteiger partial charge is 0.0897 e. The SMILES string of the molecule is CC(C)(C)c1ccc(/N=N/c2cccc(C(C)(C)C)c2C(C)(C)C)cc1. The maximum atomic E-state index is 4.63. The highest BCUT2D eigenvalue weighted by molar-refractivity contribution is 5.56. The van der Waals surface area contributed by atoms with Gasteiger partial charge in [0.25, 0.3) is 0 Å². The lowest BCUT2D eigenvalue weighted by Crippen LogP contribution is -2.22. The molecular weight excluding hydrogens is 316 g/mol. The lowest BCUT2D eigenvalue weighted by molar-refractivity contribution is 0.531. The number of hydrogen-bond acceptors (Lipinski definition) is 2. The van der Waals surface area contributed by atoms with Gasteiger partial charge in [0, 0.05) is 0 Å². The second-order valence-electron chi connectivity index (χ2n) is 10.2. The van der Waals surface area contributed by atoms with Gasteiger partial charge in [0.05, 0.1) is 11.4 Å². The summed E-state index contributed by atoms with van der Waals surface area (Å²) in [7, 11) is 0. The number of hydrogen-bond donors (Lipinski definition) is 0. The quantitative estimate of drug-likeness (QED) is 0.490. The van der Waals surface area contributed by atoms with Crippen LogP contribution in [0.3, 0.4) is 0 Å². The second-order valence-corrected chi connectivity index (χ2v) is 10.2. The Hall–Kier alpha value is -1.96. The number of benzene rings is 2. The van der Waals surface area contributed by atoms with E-state index in [2.05, 4.69) is 115 Å². The molecule has 0 aliphatic rings. The molecule has 0 spiro atoms. The highest BCUT2D eigenvalue weighted by Gasteiger charge is 2.27. The Morgan fingerprint density at radius 3 is 1.62 bits per heavy atom. The Morgan fingerprint density at radius 2 is 1.15 bits per heavy atom. The molecule has 0 fully saturated rings. The molecule has 0 saturated heterocycles. The minimum atomic E-state index is 0.00825. The predicted molar refractivity (Wildman–Crippen MR) is 113 cm³/mol. The van der Waals surface area contributed by atoms with Crippen LogP contribution in [0.25, 0.3) is 0 Å². The molecular formula is C24H34N2. The van der Waals surface area contributed by atoms with E-state index in [1.807, 2.05) is 0 Å². The fourth-order valence-corrected chi connectivity index (χ4v) is 3.18. The minimum absolute atomic E-state index is 0.00825. The molecule has 2 nitrogen and oxygen atoms in total. The number of rotatable bonds is 2. The van der Waals surface area contributed by atoms with E-state index in [-0.39, 0.29) is 16.2 Å². The number of azo groups is 1. The molecule has 0 atom stereocenters. The Balaban J connectivity index is 2.45. The molecule has 0 saturated carbocycles. The molecule has 0 aromatic heterocycles. The van der Waals surface area contributed by atoms with Gasteiger partial charge in [-0.3, -0.25) is 0 Å². The van der Waals surface area contributed by atoms with Crippen LogP contribution in [0.15, 0.2) is 52.7 Å². The molecule has 26 heavy (non-hydrogen) atoms. The van der Waals surface area contributed by atoms with Crippen LogP contribution in [0.4, 0.5) is 11.4 Å². The van der Waals surface area contributed by atoms with Crippen molar-refractivity contribution in [2.75, 3.05) is 0 Å². The standard InChI is InChI=1S/C24H34N2/c1-22(2,3)17-13-15-18(16-14-17)25-26-20-12-10-11-19(23(4,5)6)21(20)24(7,8)9/h10-16H,1-9H3/b26-25+. The molecule has 140 valence electrons. The fourth-order valence-electron chi connectivity index (χ4n) is 3.18. The maximum Gasteiger partial charge on any atom is 0.0897 e. The third-order valence-corrected chi connectivity index (χ3v) is 4.61. The molecule has 0 radical (unpaired) electrons. The van der Waals surface area contributed by atoms with Gasteiger partial charge in [-0.15, -0.1) is 0 Å². The predicted octanol–water partition coefficient (Wildman–Crippen LogP) is 7.99. The van der Waals surface area contributed by atoms with Crippen LogP contribution < -0.4 is 0 Å². The van der Waals surface area contributed by atoms with Crippen molar-refractivity contribution in [3.05, 3.63) is 59.2 Å². The summed E-state index contributed by atoms with van der Waals surface area (Å²) in [4.78, 5) is 0. The molecule has 0 aliphatic heterocycles. The van der Waals surface area contributed by atoms with E-state index >= 15 is 0 Å². The average Bonchev–Trinajstić information content (AvgIpc) is 2.50. The van der Waals surface area contributed by atoms with Crippen molar-refractivity contribution >= 4 is 11.4 Å². The molecule has 0 unspecified atom stereocenters. The molecule has 0 bridgehead atoms. The van der Waals surface area contributed by atoms with Crippen molar-refractivity contribution in [3.63, 3.8) is 0 Å². The van der Waals surface area contributed by atoms with Crippen LogP contribution in [0.5, 0.6) is 0 Å². The summed E-state index contributed by atoms with van der Waals surface area (Å²) >= 11 is 0. The summed E-state index contributed by atoms with van der Waals surface area (Å²) in [6.45, 7) is 20.2. The van der Waals surface area contributed by atoms with Crippen LogP contribution >= 0.6 is 0 Å². The molecule has 2 heteroatoms. The Labute approximate surface area is 159 Å². The zero-order valence-electron chi connectivity index (χ0n) is 17.9. The first-order chi connectivity index (χ1) is 11.8. The van der Waals surface area contributed by atoms with Crippen molar-refractivity contribution in [1.82, 2.24) is 0 Å². The van der Waals surface area contributed by atoms with Gasteiger partial charge in [-0.2, -0.15) is 10.2 Å². The maximum absolute atomic E-state index is 4.63. The molecule has 0 heterocycles. The van der Waals surface area contributed by atoms with E-state index in [0.717, 1.165) is 11.4 Å².